The number of nitrogens with zero attached hydrogens (tertiary/aromatic N) is 1. The molecule has 1 unspecified atom stereocenters. The van der Waals surface area contributed by atoms with E-state index in [9.17, 15) is 0 Å². The summed E-state index contributed by atoms with van der Waals surface area (Å²) in [7, 11) is 0. The zero-order valence-corrected chi connectivity index (χ0v) is 11.1. The third-order valence-corrected chi connectivity index (χ3v) is 3.72. The summed E-state index contributed by atoms with van der Waals surface area (Å²) in [4.78, 5) is 4.27. The maximum absolute atomic E-state index is 4.27. The first-order valence-corrected chi connectivity index (χ1v) is 6.57. The summed E-state index contributed by atoms with van der Waals surface area (Å²) in [5.74, 6) is 0. The smallest absolute Gasteiger partial charge is 0.0549 e. The van der Waals surface area contributed by atoms with Crippen molar-refractivity contribution < 1.29 is 0 Å². The van der Waals surface area contributed by atoms with E-state index in [1.165, 1.54) is 19.3 Å². The minimum absolute atomic E-state index is 0.397. The second-order valence-corrected chi connectivity index (χ2v) is 5.57. The Morgan fingerprint density at radius 3 is 2.76 bits per heavy atom. The van der Waals surface area contributed by atoms with Crippen molar-refractivity contribution in [2.45, 2.75) is 46.1 Å². The van der Waals surface area contributed by atoms with Crippen molar-refractivity contribution in [1.29, 1.82) is 0 Å². The van der Waals surface area contributed by atoms with Gasteiger partial charge in [-0.1, -0.05) is 20.3 Å². The molecule has 1 saturated carbocycles. The molecule has 0 aromatic carbocycles. The Morgan fingerprint density at radius 1 is 1.35 bits per heavy atom. The predicted octanol–water partition coefficient (Wildman–Crippen LogP) is 3.50. The molecule has 1 atom stereocenters. The first-order chi connectivity index (χ1) is 8.12. The number of hydrogen-bond acceptors (Lipinski definition) is 3. The molecule has 94 valence electrons. The van der Waals surface area contributed by atoms with Gasteiger partial charge in [-0.15, -0.1) is 0 Å². The molecule has 2 rings (SSSR count). The van der Waals surface area contributed by atoms with Crippen LogP contribution >= 0.6 is 0 Å². The van der Waals surface area contributed by atoms with Gasteiger partial charge in [-0.3, -0.25) is 4.98 Å². The van der Waals surface area contributed by atoms with Gasteiger partial charge in [0, 0.05) is 12.6 Å². The summed E-state index contributed by atoms with van der Waals surface area (Å²) < 4.78 is 0. The van der Waals surface area contributed by atoms with E-state index in [0.717, 1.165) is 17.9 Å². The lowest BCUT2D eigenvalue weighted by Gasteiger charge is -2.28. The van der Waals surface area contributed by atoms with Crippen molar-refractivity contribution >= 4 is 11.4 Å². The SMILES string of the molecule is CCNc1cncc(NC2CCCC2(C)C)c1. The molecule has 1 fully saturated rings. The van der Waals surface area contributed by atoms with Gasteiger partial charge in [0.2, 0.25) is 0 Å². The number of hydrogen-bond donors (Lipinski definition) is 2. The molecule has 0 saturated heterocycles. The third-order valence-electron chi connectivity index (χ3n) is 3.72. The molecule has 1 aromatic heterocycles. The number of rotatable bonds is 4. The van der Waals surface area contributed by atoms with Gasteiger partial charge in [0.25, 0.3) is 0 Å². The molecule has 0 bridgehead atoms. The van der Waals surface area contributed by atoms with E-state index in [1.54, 1.807) is 0 Å². The Morgan fingerprint density at radius 2 is 2.12 bits per heavy atom. The molecule has 1 aliphatic rings. The molecule has 0 spiro atoms. The van der Waals surface area contributed by atoms with Gasteiger partial charge in [-0.05, 0) is 31.2 Å². The van der Waals surface area contributed by atoms with E-state index >= 15 is 0 Å². The average Bonchev–Trinajstić information content (AvgIpc) is 2.59. The maximum atomic E-state index is 4.27. The van der Waals surface area contributed by atoms with Gasteiger partial charge in [0.1, 0.15) is 0 Å². The van der Waals surface area contributed by atoms with E-state index < -0.39 is 0 Å². The summed E-state index contributed by atoms with van der Waals surface area (Å²) in [5.41, 5.74) is 2.62. The Bertz CT molecular complexity index is 373. The second-order valence-electron chi connectivity index (χ2n) is 5.57. The van der Waals surface area contributed by atoms with Crippen molar-refractivity contribution in [3.05, 3.63) is 18.5 Å². The van der Waals surface area contributed by atoms with Crippen molar-refractivity contribution in [3.8, 4) is 0 Å². The van der Waals surface area contributed by atoms with Gasteiger partial charge in [0.15, 0.2) is 0 Å². The number of aromatic nitrogens is 1. The second kappa shape index (κ2) is 4.94. The predicted molar refractivity (Wildman–Crippen MR) is 73.4 cm³/mol. The van der Waals surface area contributed by atoms with Crippen LogP contribution in [-0.2, 0) is 0 Å². The Labute approximate surface area is 104 Å². The van der Waals surface area contributed by atoms with Crippen molar-refractivity contribution in [1.82, 2.24) is 4.98 Å². The summed E-state index contributed by atoms with van der Waals surface area (Å²) in [5, 5.41) is 6.92. The zero-order chi connectivity index (χ0) is 12.3. The molecule has 0 radical (unpaired) electrons. The summed E-state index contributed by atoms with van der Waals surface area (Å²) in [6.45, 7) is 7.72. The molecule has 2 N–H and O–H groups in total. The molecule has 0 amide bonds. The lowest BCUT2D eigenvalue weighted by atomic mass is 9.87. The topological polar surface area (TPSA) is 37.0 Å². The van der Waals surface area contributed by atoms with E-state index in [-0.39, 0.29) is 0 Å². The van der Waals surface area contributed by atoms with Crippen LogP contribution in [0.4, 0.5) is 11.4 Å². The first kappa shape index (κ1) is 12.2. The van der Waals surface area contributed by atoms with Crippen LogP contribution in [0.3, 0.4) is 0 Å². The molecule has 1 aromatic rings. The van der Waals surface area contributed by atoms with Crippen molar-refractivity contribution in [2.75, 3.05) is 17.2 Å². The fourth-order valence-corrected chi connectivity index (χ4v) is 2.62. The summed E-state index contributed by atoms with van der Waals surface area (Å²) in [6, 6.07) is 2.71. The van der Waals surface area contributed by atoms with Gasteiger partial charge >= 0.3 is 0 Å². The van der Waals surface area contributed by atoms with Gasteiger partial charge in [0.05, 0.1) is 23.8 Å². The highest BCUT2D eigenvalue weighted by atomic mass is 15.0. The van der Waals surface area contributed by atoms with Gasteiger partial charge < -0.3 is 10.6 Å². The maximum Gasteiger partial charge on any atom is 0.0549 e. The van der Waals surface area contributed by atoms with Gasteiger partial charge in [-0.2, -0.15) is 0 Å². The van der Waals surface area contributed by atoms with Crippen LogP contribution in [0, 0.1) is 5.41 Å². The van der Waals surface area contributed by atoms with E-state index in [0.29, 0.717) is 11.5 Å². The van der Waals surface area contributed by atoms with Crippen molar-refractivity contribution in [2.24, 2.45) is 5.41 Å². The standard InChI is InChI=1S/C14H23N3/c1-4-16-11-8-12(10-15-9-11)17-13-6-5-7-14(13,2)3/h8-10,13,16-17H,4-7H2,1-3H3. The monoisotopic (exact) mass is 233 g/mol. The highest BCUT2D eigenvalue weighted by Gasteiger charge is 2.34. The molecule has 0 aliphatic heterocycles. The normalized spacial score (nSPS) is 22.4. The first-order valence-electron chi connectivity index (χ1n) is 6.57. The zero-order valence-electron chi connectivity index (χ0n) is 11.1. The number of anilines is 2. The number of pyridine rings is 1. The fraction of sp³-hybridized carbons (Fsp3) is 0.643. The van der Waals surface area contributed by atoms with Crippen LogP contribution in [0.25, 0.3) is 0 Å². The van der Waals surface area contributed by atoms with Crippen LogP contribution in [0.2, 0.25) is 0 Å². The Kier molecular flexibility index (Phi) is 3.55. The quantitative estimate of drug-likeness (QED) is 0.835. The largest absolute Gasteiger partial charge is 0.384 e. The van der Waals surface area contributed by atoms with E-state index in [4.69, 9.17) is 0 Å². The van der Waals surface area contributed by atoms with Gasteiger partial charge in [-0.25, -0.2) is 0 Å². The lowest BCUT2D eigenvalue weighted by molar-refractivity contribution is 0.350. The lowest BCUT2D eigenvalue weighted by Crippen LogP contribution is -2.30. The highest BCUT2D eigenvalue weighted by molar-refractivity contribution is 5.54. The van der Waals surface area contributed by atoms with E-state index in [2.05, 4.69) is 42.5 Å². The average molecular weight is 233 g/mol. The molecule has 1 aliphatic carbocycles. The van der Waals surface area contributed by atoms with Crippen LogP contribution < -0.4 is 10.6 Å². The molecule has 3 heteroatoms. The minimum atomic E-state index is 0.397. The van der Waals surface area contributed by atoms with Crippen LogP contribution in [0.1, 0.15) is 40.0 Å². The Balaban J connectivity index is 2.05. The summed E-state index contributed by atoms with van der Waals surface area (Å²) in [6.07, 6.45) is 7.68. The van der Waals surface area contributed by atoms with E-state index in [1.807, 2.05) is 12.4 Å². The molecule has 3 nitrogen and oxygen atoms in total. The molecular formula is C14H23N3. The third kappa shape index (κ3) is 2.90. The highest BCUT2D eigenvalue weighted by Crippen LogP contribution is 2.39. The van der Waals surface area contributed by atoms with Crippen LogP contribution in [-0.4, -0.2) is 17.6 Å². The van der Waals surface area contributed by atoms with Crippen LogP contribution in [0.5, 0.6) is 0 Å². The molecule has 1 heterocycles. The molecule has 17 heavy (non-hydrogen) atoms. The number of nitrogens with one attached hydrogen (secondary N) is 2. The minimum Gasteiger partial charge on any atom is -0.384 e. The Hall–Kier alpha value is -1.25. The van der Waals surface area contributed by atoms with Crippen LogP contribution in [0.15, 0.2) is 18.5 Å². The van der Waals surface area contributed by atoms with Crippen molar-refractivity contribution in [3.63, 3.8) is 0 Å². The fourth-order valence-electron chi connectivity index (χ4n) is 2.62. The summed E-state index contributed by atoms with van der Waals surface area (Å²) >= 11 is 0. The molecular weight excluding hydrogens is 210 g/mol.